The number of imide groups is 1. The molecule has 0 unspecified atom stereocenters. The van der Waals surface area contributed by atoms with Gasteiger partial charge in [-0.25, -0.2) is 14.8 Å². The van der Waals surface area contributed by atoms with Gasteiger partial charge in [0.25, 0.3) is 23.6 Å². The Labute approximate surface area is 194 Å². The molecule has 170 valence electrons. The summed E-state index contributed by atoms with van der Waals surface area (Å²) < 4.78 is 5.16. The molecule has 2 aromatic carbocycles. The topological polar surface area (TPSA) is 104 Å². The van der Waals surface area contributed by atoms with E-state index in [-0.39, 0.29) is 23.3 Å². The van der Waals surface area contributed by atoms with E-state index in [1.807, 2.05) is 0 Å². The molecule has 0 spiro atoms. The molecule has 1 fully saturated rings. The minimum atomic E-state index is -1.30. The SMILES string of the molecule is CCOC(=O)C1=CC=CN(C(=O)c2ccccc2)N2C(=O)[C@@H](N3C(=O)c4ccccc4C3=O)[C@H]12. The van der Waals surface area contributed by atoms with Gasteiger partial charge >= 0.3 is 5.97 Å². The van der Waals surface area contributed by atoms with Crippen molar-refractivity contribution in [2.45, 2.75) is 19.0 Å². The standard InChI is InChI=1S/C25H19N3O6/c1-2-34-25(33)18-13-8-14-26(21(29)15-9-4-3-5-10-15)28-19(18)20(24(28)32)27-22(30)16-11-6-7-12-17(16)23(27)31/h3-14,19-20H,2H2,1H3/t19-,20-/m0/s1. The second-order valence-corrected chi connectivity index (χ2v) is 7.80. The first-order valence-electron chi connectivity index (χ1n) is 10.7. The van der Waals surface area contributed by atoms with Crippen LogP contribution < -0.4 is 0 Å². The van der Waals surface area contributed by atoms with Crippen molar-refractivity contribution in [2.24, 2.45) is 0 Å². The summed E-state index contributed by atoms with van der Waals surface area (Å²) in [6.07, 6.45) is 4.26. The van der Waals surface area contributed by atoms with E-state index in [1.54, 1.807) is 49.4 Å². The van der Waals surface area contributed by atoms with Crippen LogP contribution in [-0.4, -0.2) is 63.2 Å². The quantitative estimate of drug-likeness (QED) is 0.395. The summed E-state index contributed by atoms with van der Waals surface area (Å²) in [6.45, 7) is 1.73. The number of β-lactam (4-membered cyclic amide) rings is 1. The van der Waals surface area contributed by atoms with Gasteiger partial charge in [0.1, 0.15) is 12.1 Å². The second-order valence-electron chi connectivity index (χ2n) is 7.80. The lowest BCUT2D eigenvalue weighted by Crippen LogP contribution is -2.76. The maximum Gasteiger partial charge on any atom is 0.336 e. The normalized spacial score (nSPS) is 20.9. The summed E-state index contributed by atoms with van der Waals surface area (Å²) in [5.74, 6) is -3.12. The Morgan fingerprint density at radius 3 is 2.12 bits per heavy atom. The van der Waals surface area contributed by atoms with Gasteiger partial charge in [0.15, 0.2) is 0 Å². The average molecular weight is 457 g/mol. The monoisotopic (exact) mass is 457 g/mol. The zero-order chi connectivity index (χ0) is 24.0. The predicted molar refractivity (Wildman–Crippen MR) is 118 cm³/mol. The molecule has 5 rings (SSSR count). The molecule has 0 saturated carbocycles. The molecule has 3 aliphatic rings. The van der Waals surface area contributed by atoms with Crippen LogP contribution in [0.2, 0.25) is 0 Å². The van der Waals surface area contributed by atoms with Crippen LogP contribution in [0.5, 0.6) is 0 Å². The number of fused-ring (bicyclic) bond motifs is 2. The molecule has 0 aliphatic carbocycles. The highest BCUT2D eigenvalue weighted by molar-refractivity contribution is 6.23. The average Bonchev–Trinajstić information content (AvgIpc) is 3.00. The van der Waals surface area contributed by atoms with Gasteiger partial charge < -0.3 is 4.74 Å². The highest BCUT2D eigenvalue weighted by Gasteiger charge is 2.61. The molecule has 0 radical (unpaired) electrons. The summed E-state index contributed by atoms with van der Waals surface area (Å²) >= 11 is 0. The number of ether oxygens (including phenoxy) is 1. The van der Waals surface area contributed by atoms with Crippen molar-refractivity contribution in [1.29, 1.82) is 0 Å². The molecule has 3 heterocycles. The van der Waals surface area contributed by atoms with E-state index < -0.39 is 41.7 Å². The van der Waals surface area contributed by atoms with Gasteiger partial charge in [0.2, 0.25) is 0 Å². The van der Waals surface area contributed by atoms with Crippen LogP contribution in [0.15, 0.2) is 78.5 Å². The van der Waals surface area contributed by atoms with E-state index in [0.717, 1.165) is 14.9 Å². The van der Waals surface area contributed by atoms with E-state index in [9.17, 15) is 24.0 Å². The Kier molecular flexibility index (Phi) is 5.09. The Hall–Kier alpha value is -4.53. The number of amides is 4. The van der Waals surface area contributed by atoms with Crippen LogP contribution in [0, 0.1) is 0 Å². The first kappa shape index (κ1) is 21.3. The van der Waals surface area contributed by atoms with Crippen molar-refractivity contribution in [3.63, 3.8) is 0 Å². The minimum Gasteiger partial charge on any atom is -0.463 e. The molecule has 9 nitrogen and oxygen atoms in total. The second kappa shape index (κ2) is 8.11. The number of carbonyl (C=O) groups is 5. The number of esters is 1. The number of hydrogen-bond acceptors (Lipinski definition) is 6. The van der Waals surface area contributed by atoms with Crippen molar-refractivity contribution in [3.8, 4) is 0 Å². The highest BCUT2D eigenvalue weighted by atomic mass is 16.5. The van der Waals surface area contributed by atoms with Crippen LogP contribution >= 0.6 is 0 Å². The lowest BCUT2D eigenvalue weighted by molar-refractivity contribution is -0.173. The molecule has 3 aliphatic heterocycles. The van der Waals surface area contributed by atoms with Crippen LogP contribution in [0.3, 0.4) is 0 Å². The van der Waals surface area contributed by atoms with Crippen molar-refractivity contribution >= 4 is 29.6 Å². The van der Waals surface area contributed by atoms with E-state index >= 15 is 0 Å². The van der Waals surface area contributed by atoms with Gasteiger partial charge in [0.05, 0.1) is 23.3 Å². The van der Waals surface area contributed by atoms with Crippen LogP contribution in [-0.2, 0) is 14.3 Å². The van der Waals surface area contributed by atoms with E-state index in [0.29, 0.717) is 5.56 Å². The number of hydrazine groups is 1. The summed E-state index contributed by atoms with van der Waals surface area (Å²) in [5.41, 5.74) is 0.749. The summed E-state index contributed by atoms with van der Waals surface area (Å²) in [6, 6.07) is 12.2. The van der Waals surface area contributed by atoms with E-state index in [4.69, 9.17) is 4.74 Å². The molecule has 0 N–H and O–H groups in total. The molecular weight excluding hydrogens is 438 g/mol. The van der Waals surface area contributed by atoms with Gasteiger partial charge in [-0.3, -0.25) is 24.1 Å². The molecule has 1 saturated heterocycles. The van der Waals surface area contributed by atoms with Gasteiger partial charge in [-0.15, -0.1) is 0 Å². The Morgan fingerprint density at radius 1 is 0.882 bits per heavy atom. The van der Waals surface area contributed by atoms with Crippen molar-refractivity contribution in [1.82, 2.24) is 14.9 Å². The van der Waals surface area contributed by atoms with Gasteiger partial charge in [-0.2, -0.15) is 0 Å². The van der Waals surface area contributed by atoms with Crippen molar-refractivity contribution < 1.29 is 28.7 Å². The van der Waals surface area contributed by atoms with Crippen LogP contribution in [0.25, 0.3) is 0 Å². The number of rotatable bonds is 4. The third kappa shape index (κ3) is 3.05. The summed E-state index contributed by atoms with van der Waals surface area (Å²) in [5, 5.41) is 2.19. The Bertz CT molecular complexity index is 1260. The molecule has 4 amide bonds. The van der Waals surface area contributed by atoms with Gasteiger partial charge in [-0.1, -0.05) is 30.3 Å². The summed E-state index contributed by atoms with van der Waals surface area (Å²) in [4.78, 5) is 66.5. The molecule has 2 atom stereocenters. The maximum atomic E-state index is 13.4. The number of nitrogens with zero attached hydrogens (tertiary/aromatic N) is 3. The molecule has 2 aromatic rings. The van der Waals surface area contributed by atoms with Gasteiger partial charge in [-0.05, 0) is 43.3 Å². The fraction of sp³-hybridized carbons (Fsp3) is 0.160. The largest absolute Gasteiger partial charge is 0.463 e. The zero-order valence-corrected chi connectivity index (χ0v) is 18.1. The molecular formula is C25H19N3O6. The maximum absolute atomic E-state index is 13.4. The Morgan fingerprint density at radius 2 is 1.50 bits per heavy atom. The first-order chi connectivity index (χ1) is 16.5. The van der Waals surface area contributed by atoms with Crippen LogP contribution in [0.4, 0.5) is 0 Å². The third-order valence-corrected chi connectivity index (χ3v) is 5.94. The fourth-order valence-electron chi connectivity index (χ4n) is 4.39. The van der Waals surface area contributed by atoms with Crippen LogP contribution in [0.1, 0.15) is 38.0 Å². The smallest absolute Gasteiger partial charge is 0.336 e. The lowest BCUT2D eigenvalue weighted by atomic mass is 9.88. The highest BCUT2D eigenvalue weighted by Crippen LogP contribution is 2.38. The van der Waals surface area contributed by atoms with Crippen molar-refractivity contribution in [2.75, 3.05) is 6.61 Å². The first-order valence-corrected chi connectivity index (χ1v) is 10.7. The number of hydrogen-bond donors (Lipinski definition) is 0. The minimum absolute atomic E-state index is 0.0580. The number of benzene rings is 2. The Balaban J connectivity index is 1.55. The number of carbonyl (C=O) groups excluding carboxylic acids is 5. The molecule has 0 aromatic heterocycles. The van der Waals surface area contributed by atoms with E-state index in [1.165, 1.54) is 30.5 Å². The number of allylic oxidation sites excluding steroid dienone is 2. The van der Waals surface area contributed by atoms with E-state index in [2.05, 4.69) is 0 Å². The lowest BCUT2D eigenvalue weighted by Gasteiger charge is -2.51. The predicted octanol–water partition coefficient (Wildman–Crippen LogP) is 1.94. The fourth-order valence-corrected chi connectivity index (χ4v) is 4.39. The van der Waals surface area contributed by atoms with Crippen molar-refractivity contribution in [3.05, 3.63) is 95.2 Å². The molecule has 0 bridgehead atoms. The van der Waals surface area contributed by atoms with Gasteiger partial charge in [0, 0.05) is 11.8 Å². The molecule has 9 heteroatoms. The third-order valence-electron chi connectivity index (χ3n) is 5.94. The molecule has 34 heavy (non-hydrogen) atoms. The zero-order valence-electron chi connectivity index (χ0n) is 18.1. The summed E-state index contributed by atoms with van der Waals surface area (Å²) in [7, 11) is 0.